The molecule has 0 radical (unpaired) electrons. The van der Waals surface area contributed by atoms with Gasteiger partial charge in [0.15, 0.2) is 0 Å². The normalized spacial score (nSPS) is 10.8. The highest BCUT2D eigenvalue weighted by molar-refractivity contribution is 8.00. The molecule has 3 rings (SSSR count). The van der Waals surface area contributed by atoms with Gasteiger partial charge < -0.3 is 9.47 Å². The minimum Gasteiger partial charge on any atom is -0.488 e. The molecule has 0 amide bonds. The fraction of sp³-hybridized carbons (Fsp3) is 0.188. The second kappa shape index (κ2) is 8.71. The highest BCUT2D eigenvalue weighted by atomic mass is 35.5. The van der Waals surface area contributed by atoms with Gasteiger partial charge in [-0.3, -0.25) is 4.79 Å². The van der Waals surface area contributed by atoms with Crippen molar-refractivity contribution < 1.29 is 14.3 Å². The molecule has 1 aromatic carbocycles. The molecule has 5 nitrogen and oxygen atoms in total. The summed E-state index contributed by atoms with van der Waals surface area (Å²) < 4.78 is 10.6. The second-order valence-electron chi connectivity index (χ2n) is 4.75. The molecule has 0 saturated heterocycles. The molecule has 0 fully saturated rings. The molecule has 0 aliphatic rings. The van der Waals surface area contributed by atoms with Crippen LogP contribution < -0.4 is 4.74 Å². The van der Waals surface area contributed by atoms with Crippen LogP contribution in [0.1, 0.15) is 0 Å². The van der Waals surface area contributed by atoms with Gasteiger partial charge in [0.2, 0.25) is 0 Å². The SMILES string of the molecule is O=C(CSc1ncnc2sccc12)OCCOc1ccc(Cl)cc1Cl. The van der Waals surface area contributed by atoms with Crippen LogP contribution in [-0.4, -0.2) is 34.9 Å². The Hall–Kier alpha value is -1.54. The van der Waals surface area contributed by atoms with E-state index in [1.54, 1.807) is 18.2 Å². The number of halogens is 2. The predicted octanol–water partition coefficient (Wildman–Crippen LogP) is 4.71. The third-order valence-electron chi connectivity index (χ3n) is 3.05. The van der Waals surface area contributed by atoms with E-state index in [9.17, 15) is 4.79 Å². The van der Waals surface area contributed by atoms with Crippen molar-refractivity contribution in [2.24, 2.45) is 0 Å². The van der Waals surface area contributed by atoms with Crippen LogP contribution in [0.4, 0.5) is 0 Å². The van der Waals surface area contributed by atoms with E-state index in [0.717, 1.165) is 15.2 Å². The van der Waals surface area contributed by atoms with Crippen molar-refractivity contribution in [3.63, 3.8) is 0 Å². The van der Waals surface area contributed by atoms with E-state index in [1.165, 1.54) is 29.4 Å². The summed E-state index contributed by atoms with van der Waals surface area (Å²) >= 11 is 14.7. The monoisotopic (exact) mass is 414 g/mol. The minimum atomic E-state index is -0.335. The average Bonchev–Trinajstić information content (AvgIpc) is 3.07. The Balaban J connectivity index is 1.42. The van der Waals surface area contributed by atoms with Crippen molar-refractivity contribution in [2.45, 2.75) is 5.03 Å². The third kappa shape index (κ3) is 4.98. The van der Waals surface area contributed by atoms with Crippen LogP contribution in [0.15, 0.2) is 41.0 Å². The number of aromatic nitrogens is 2. The van der Waals surface area contributed by atoms with Gasteiger partial charge >= 0.3 is 5.97 Å². The Morgan fingerprint density at radius 3 is 2.92 bits per heavy atom. The molecule has 25 heavy (non-hydrogen) atoms. The molecule has 3 aromatic rings. The Kier molecular flexibility index (Phi) is 6.36. The first kappa shape index (κ1) is 18.3. The number of esters is 1. The maximum Gasteiger partial charge on any atom is 0.316 e. The topological polar surface area (TPSA) is 61.3 Å². The quantitative estimate of drug-likeness (QED) is 0.241. The molecule has 0 spiro atoms. The number of rotatable bonds is 7. The average molecular weight is 415 g/mol. The van der Waals surface area contributed by atoms with Crippen LogP contribution in [0, 0.1) is 0 Å². The Morgan fingerprint density at radius 2 is 2.08 bits per heavy atom. The highest BCUT2D eigenvalue weighted by Crippen LogP contribution is 2.28. The second-order valence-corrected chi connectivity index (χ2v) is 7.45. The van der Waals surface area contributed by atoms with Crippen LogP contribution in [0.25, 0.3) is 10.2 Å². The number of hydrogen-bond acceptors (Lipinski definition) is 7. The molecule has 0 N–H and O–H groups in total. The number of thiophene rings is 1. The zero-order chi connectivity index (χ0) is 17.6. The van der Waals surface area contributed by atoms with Gasteiger partial charge in [0, 0.05) is 10.4 Å². The van der Waals surface area contributed by atoms with Gasteiger partial charge in [-0.15, -0.1) is 11.3 Å². The number of ether oxygens (including phenoxy) is 2. The van der Waals surface area contributed by atoms with E-state index in [4.69, 9.17) is 32.7 Å². The van der Waals surface area contributed by atoms with Gasteiger partial charge in [-0.1, -0.05) is 35.0 Å². The zero-order valence-electron chi connectivity index (χ0n) is 12.8. The standard InChI is InChI=1S/C16H12Cl2N2O3S2/c17-10-1-2-13(12(18)7-10)22-4-5-23-14(21)8-25-16-11-3-6-24-15(11)19-9-20-16/h1-3,6-7,9H,4-5,8H2. The summed E-state index contributed by atoms with van der Waals surface area (Å²) in [6, 6.07) is 6.88. The molecule has 0 atom stereocenters. The van der Waals surface area contributed by atoms with Gasteiger partial charge in [-0.25, -0.2) is 9.97 Å². The molecule has 0 aliphatic carbocycles. The lowest BCUT2D eigenvalue weighted by atomic mass is 10.3. The first-order valence-electron chi connectivity index (χ1n) is 7.18. The summed E-state index contributed by atoms with van der Waals surface area (Å²) in [6.07, 6.45) is 1.50. The zero-order valence-corrected chi connectivity index (χ0v) is 15.9. The number of thioether (sulfide) groups is 1. The predicted molar refractivity (Wildman–Crippen MR) is 101 cm³/mol. The first-order valence-corrected chi connectivity index (χ1v) is 9.80. The number of fused-ring (bicyclic) bond motifs is 1. The lowest BCUT2D eigenvalue weighted by molar-refractivity contribution is -0.141. The Morgan fingerprint density at radius 1 is 1.20 bits per heavy atom. The van der Waals surface area contributed by atoms with Crippen LogP contribution in [0.2, 0.25) is 10.0 Å². The summed E-state index contributed by atoms with van der Waals surface area (Å²) in [6.45, 7) is 0.343. The number of carbonyl (C=O) groups excluding carboxylic acids is 1. The van der Waals surface area contributed by atoms with Gasteiger partial charge in [0.1, 0.15) is 35.1 Å². The summed E-state index contributed by atoms with van der Waals surface area (Å²) in [5.41, 5.74) is 0. The molecule has 2 heterocycles. The summed E-state index contributed by atoms with van der Waals surface area (Å²) in [5.74, 6) is 0.332. The molecule has 130 valence electrons. The van der Waals surface area contributed by atoms with Crippen molar-refractivity contribution in [2.75, 3.05) is 19.0 Å². The van der Waals surface area contributed by atoms with E-state index in [2.05, 4.69) is 9.97 Å². The van der Waals surface area contributed by atoms with Gasteiger partial charge in [0.05, 0.1) is 10.8 Å². The van der Waals surface area contributed by atoms with E-state index < -0.39 is 0 Å². The summed E-state index contributed by atoms with van der Waals surface area (Å²) in [7, 11) is 0. The van der Waals surface area contributed by atoms with E-state index in [0.29, 0.717) is 15.8 Å². The summed E-state index contributed by atoms with van der Waals surface area (Å²) in [4.78, 5) is 21.1. The van der Waals surface area contributed by atoms with Gasteiger partial charge in [-0.2, -0.15) is 0 Å². The van der Waals surface area contributed by atoms with E-state index in [-0.39, 0.29) is 24.9 Å². The van der Waals surface area contributed by atoms with Crippen molar-refractivity contribution in [1.82, 2.24) is 9.97 Å². The fourth-order valence-corrected chi connectivity index (χ4v) is 3.99. The number of benzene rings is 1. The number of carbonyl (C=O) groups is 1. The van der Waals surface area contributed by atoms with Crippen molar-refractivity contribution >= 4 is 62.5 Å². The van der Waals surface area contributed by atoms with Gasteiger partial charge in [0.25, 0.3) is 0 Å². The summed E-state index contributed by atoms with van der Waals surface area (Å²) in [5, 5.41) is 4.61. The maximum absolute atomic E-state index is 11.8. The van der Waals surface area contributed by atoms with E-state index in [1.807, 2.05) is 11.4 Å². The van der Waals surface area contributed by atoms with Crippen molar-refractivity contribution in [3.8, 4) is 5.75 Å². The first-order chi connectivity index (χ1) is 12.1. The molecule has 0 unspecified atom stereocenters. The largest absolute Gasteiger partial charge is 0.488 e. The lowest BCUT2D eigenvalue weighted by Gasteiger charge is -2.09. The molecule has 2 aromatic heterocycles. The fourth-order valence-electron chi connectivity index (χ4n) is 1.95. The number of nitrogens with zero attached hydrogens (tertiary/aromatic N) is 2. The molecular formula is C16H12Cl2N2O3S2. The molecule has 9 heteroatoms. The van der Waals surface area contributed by atoms with Crippen LogP contribution >= 0.6 is 46.3 Å². The van der Waals surface area contributed by atoms with E-state index >= 15 is 0 Å². The lowest BCUT2D eigenvalue weighted by Crippen LogP contribution is -2.14. The van der Waals surface area contributed by atoms with Gasteiger partial charge in [-0.05, 0) is 29.6 Å². The minimum absolute atomic E-state index is 0.135. The Labute approximate surface area is 162 Å². The molecule has 0 saturated carbocycles. The van der Waals surface area contributed by atoms with Crippen molar-refractivity contribution in [3.05, 3.63) is 46.0 Å². The third-order valence-corrected chi connectivity index (χ3v) is 5.38. The molecular weight excluding hydrogens is 403 g/mol. The van der Waals surface area contributed by atoms with Crippen LogP contribution in [0.3, 0.4) is 0 Å². The number of hydrogen-bond donors (Lipinski definition) is 0. The molecule has 0 aliphatic heterocycles. The van der Waals surface area contributed by atoms with Crippen molar-refractivity contribution in [1.29, 1.82) is 0 Å². The smallest absolute Gasteiger partial charge is 0.316 e. The Bertz CT molecular complexity index is 889. The highest BCUT2D eigenvalue weighted by Gasteiger charge is 2.10. The van der Waals surface area contributed by atoms with Crippen LogP contribution in [0.5, 0.6) is 5.75 Å². The molecule has 0 bridgehead atoms. The maximum atomic E-state index is 11.8. The van der Waals surface area contributed by atoms with Crippen LogP contribution in [-0.2, 0) is 9.53 Å².